The maximum absolute atomic E-state index is 11.5. The molecule has 2 unspecified atom stereocenters. The van der Waals surface area contributed by atoms with Crippen molar-refractivity contribution in [3.8, 4) is 0 Å². The molecule has 0 heterocycles. The maximum atomic E-state index is 11.5. The summed E-state index contributed by atoms with van der Waals surface area (Å²) in [4.78, 5) is 0. The SMILES string of the molecule is CCCCCCCCC(CCCC)C(O)(CCC)CCCCCCCC. The predicted octanol–water partition coefficient (Wildman–Crippen LogP) is 8.83. The summed E-state index contributed by atoms with van der Waals surface area (Å²) in [5.74, 6) is 0.532. The lowest BCUT2D eigenvalue weighted by atomic mass is 9.74. The smallest absolute Gasteiger partial charge is 0.0675 e. The van der Waals surface area contributed by atoms with Gasteiger partial charge >= 0.3 is 0 Å². The fraction of sp³-hybridized carbons (Fsp3) is 1.00. The Hall–Kier alpha value is -0.0400. The first-order valence-electron chi connectivity index (χ1n) is 12.4. The van der Waals surface area contributed by atoms with Gasteiger partial charge in [-0.1, -0.05) is 124 Å². The Morgan fingerprint density at radius 2 is 0.962 bits per heavy atom. The molecular weight excluding hydrogens is 316 g/mol. The minimum atomic E-state index is -0.391. The number of unbranched alkanes of at least 4 members (excludes halogenated alkanes) is 11. The van der Waals surface area contributed by atoms with E-state index < -0.39 is 5.60 Å². The molecule has 0 aromatic carbocycles. The molecule has 0 bridgehead atoms. The van der Waals surface area contributed by atoms with Gasteiger partial charge in [0.1, 0.15) is 0 Å². The summed E-state index contributed by atoms with van der Waals surface area (Å²) in [5.41, 5.74) is -0.391. The highest BCUT2D eigenvalue weighted by Gasteiger charge is 2.34. The van der Waals surface area contributed by atoms with E-state index in [1.165, 1.54) is 103 Å². The Morgan fingerprint density at radius 3 is 1.50 bits per heavy atom. The van der Waals surface area contributed by atoms with Gasteiger partial charge in [0, 0.05) is 0 Å². The molecule has 0 aromatic heterocycles. The Balaban J connectivity index is 4.44. The van der Waals surface area contributed by atoms with Crippen molar-refractivity contribution in [3.63, 3.8) is 0 Å². The summed E-state index contributed by atoms with van der Waals surface area (Å²) in [7, 11) is 0. The molecule has 1 N–H and O–H groups in total. The Labute approximate surface area is 166 Å². The maximum Gasteiger partial charge on any atom is 0.0675 e. The van der Waals surface area contributed by atoms with Crippen LogP contribution in [0.5, 0.6) is 0 Å². The molecule has 0 spiro atoms. The Bertz CT molecular complexity index is 275. The Morgan fingerprint density at radius 1 is 0.500 bits per heavy atom. The first kappa shape index (κ1) is 26.0. The highest BCUT2D eigenvalue weighted by Crippen LogP contribution is 2.36. The second-order valence-electron chi connectivity index (χ2n) is 8.77. The van der Waals surface area contributed by atoms with Crippen LogP contribution in [0.1, 0.15) is 150 Å². The zero-order chi connectivity index (χ0) is 19.5. The highest BCUT2D eigenvalue weighted by atomic mass is 16.3. The molecule has 1 nitrogen and oxygen atoms in total. The van der Waals surface area contributed by atoms with Gasteiger partial charge in [0.15, 0.2) is 0 Å². The number of hydrogen-bond acceptors (Lipinski definition) is 1. The van der Waals surface area contributed by atoms with E-state index in [1.807, 2.05) is 0 Å². The summed E-state index contributed by atoms with van der Waals surface area (Å²) in [6, 6.07) is 0. The lowest BCUT2D eigenvalue weighted by Gasteiger charge is -2.37. The van der Waals surface area contributed by atoms with Gasteiger partial charge < -0.3 is 5.11 Å². The van der Waals surface area contributed by atoms with Crippen LogP contribution in [0.3, 0.4) is 0 Å². The standard InChI is InChI=1S/C25H52O/c1-5-9-12-14-16-18-21-24(20-11-7-3)25(26,22-8-4)23-19-17-15-13-10-6-2/h24,26H,5-23H2,1-4H3. The van der Waals surface area contributed by atoms with Gasteiger partial charge in [0.25, 0.3) is 0 Å². The molecule has 2 atom stereocenters. The molecule has 0 rings (SSSR count). The average molecular weight is 369 g/mol. The molecule has 1 heteroatoms. The Kier molecular flexibility index (Phi) is 18.3. The van der Waals surface area contributed by atoms with Gasteiger partial charge in [-0.15, -0.1) is 0 Å². The first-order chi connectivity index (χ1) is 12.6. The van der Waals surface area contributed by atoms with E-state index in [2.05, 4.69) is 27.7 Å². The van der Waals surface area contributed by atoms with E-state index in [-0.39, 0.29) is 0 Å². The first-order valence-corrected chi connectivity index (χ1v) is 12.4. The van der Waals surface area contributed by atoms with Gasteiger partial charge in [-0.3, -0.25) is 0 Å². The van der Waals surface area contributed by atoms with E-state index in [0.717, 1.165) is 19.3 Å². The number of hydrogen-bond donors (Lipinski definition) is 1. The van der Waals surface area contributed by atoms with Crippen LogP contribution in [0.25, 0.3) is 0 Å². The van der Waals surface area contributed by atoms with Crippen molar-refractivity contribution in [3.05, 3.63) is 0 Å². The van der Waals surface area contributed by atoms with Crippen LogP contribution in [0.2, 0.25) is 0 Å². The normalized spacial score (nSPS) is 15.1. The fourth-order valence-electron chi connectivity index (χ4n) is 4.48. The van der Waals surface area contributed by atoms with E-state index in [9.17, 15) is 5.11 Å². The molecule has 0 amide bonds. The van der Waals surface area contributed by atoms with Crippen molar-refractivity contribution >= 4 is 0 Å². The molecule has 0 aliphatic carbocycles. The van der Waals surface area contributed by atoms with E-state index in [1.54, 1.807) is 0 Å². The minimum Gasteiger partial charge on any atom is -0.390 e. The van der Waals surface area contributed by atoms with Crippen LogP contribution in [-0.4, -0.2) is 10.7 Å². The lowest BCUT2D eigenvalue weighted by molar-refractivity contribution is -0.0442. The third kappa shape index (κ3) is 13.2. The second-order valence-corrected chi connectivity index (χ2v) is 8.77. The summed E-state index contributed by atoms with van der Waals surface area (Å²) in [6.07, 6.45) is 24.3. The molecular formula is C25H52O. The van der Waals surface area contributed by atoms with Crippen LogP contribution in [0.15, 0.2) is 0 Å². The third-order valence-corrected chi connectivity index (χ3v) is 6.22. The monoisotopic (exact) mass is 368 g/mol. The summed E-state index contributed by atoms with van der Waals surface area (Å²) in [5, 5.41) is 11.5. The molecule has 0 radical (unpaired) electrons. The fourth-order valence-corrected chi connectivity index (χ4v) is 4.48. The zero-order valence-corrected chi connectivity index (χ0v) is 19.0. The van der Waals surface area contributed by atoms with Crippen molar-refractivity contribution in [2.45, 2.75) is 155 Å². The van der Waals surface area contributed by atoms with Gasteiger partial charge in [-0.05, 0) is 31.6 Å². The molecule has 26 heavy (non-hydrogen) atoms. The quantitative estimate of drug-likeness (QED) is 0.213. The average Bonchev–Trinajstić information content (AvgIpc) is 2.63. The molecule has 0 aliphatic rings. The van der Waals surface area contributed by atoms with Crippen LogP contribution in [-0.2, 0) is 0 Å². The molecule has 158 valence electrons. The van der Waals surface area contributed by atoms with Crippen LogP contribution in [0.4, 0.5) is 0 Å². The molecule has 0 saturated heterocycles. The topological polar surface area (TPSA) is 20.2 Å². The predicted molar refractivity (Wildman–Crippen MR) is 119 cm³/mol. The van der Waals surface area contributed by atoms with Gasteiger partial charge in [0.2, 0.25) is 0 Å². The van der Waals surface area contributed by atoms with Crippen molar-refractivity contribution in [1.82, 2.24) is 0 Å². The summed E-state index contributed by atoms with van der Waals surface area (Å²) < 4.78 is 0. The largest absolute Gasteiger partial charge is 0.390 e. The third-order valence-electron chi connectivity index (χ3n) is 6.22. The minimum absolute atomic E-state index is 0.391. The summed E-state index contributed by atoms with van der Waals surface area (Å²) >= 11 is 0. The van der Waals surface area contributed by atoms with Crippen molar-refractivity contribution in [2.24, 2.45) is 5.92 Å². The van der Waals surface area contributed by atoms with Crippen molar-refractivity contribution in [2.75, 3.05) is 0 Å². The molecule has 0 aliphatic heterocycles. The van der Waals surface area contributed by atoms with Crippen LogP contribution < -0.4 is 0 Å². The number of rotatable bonds is 20. The molecule has 0 fully saturated rings. The van der Waals surface area contributed by atoms with Gasteiger partial charge in [-0.2, -0.15) is 0 Å². The molecule has 0 saturated carbocycles. The number of aliphatic hydroxyl groups is 1. The lowest BCUT2D eigenvalue weighted by Crippen LogP contribution is -2.38. The van der Waals surface area contributed by atoms with Gasteiger partial charge in [-0.25, -0.2) is 0 Å². The van der Waals surface area contributed by atoms with E-state index in [4.69, 9.17) is 0 Å². The van der Waals surface area contributed by atoms with Crippen LogP contribution in [0, 0.1) is 5.92 Å². The van der Waals surface area contributed by atoms with E-state index in [0.29, 0.717) is 5.92 Å². The zero-order valence-electron chi connectivity index (χ0n) is 19.0. The van der Waals surface area contributed by atoms with Crippen LogP contribution >= 0.6 is 0 Å². The molecule has 0 aromatic rings. The van der Waals surface area contributed by atoms with E-state index >= 15 is 0 Å². The van der Waals surface area contributed by atoms with Crippen molar-refractivity contribution in [1.29, 1.82) is 0 Å². The highest BCUT2D eigenvalue weighted by molar-refractivity contribution is 4.86. The van der Waals surface area contributed by atoms with Gasteiger partial charge in [0.05, 0.1) is 5.60 Å². The second kappa shape index (κ2) is 18.3. The van der Waals surface area contributed by atoms with Crippen molar-refractivity contribution < 1.29 is 5.11 Å². The summed E-state index contributed by atoms with van der Waals surface area (Å²) in [6.45, 7) is 9.09.